The quantitative estimate of drug-likeness (QED) is 0.766. The molecule has 1 saturated heterocycles. The van der Waals surface area contributed by atoms with Crippen molar-refractivity contribution in [3.8, 4) is 0 Å². The summed E-state index contributed by atoms with van der Waals surface area (Å²) in [6, 6.07) is 15.9. The fourth-order valence-electron chi connectivity index (χ4n) is 3.11. The Bertz CT molecular complexity index is 849. The minimum Gasteiger partial charge on any atom is -0.340 e. The number of likely N-dealkylation sites (N-methyl/N-ethyl adjacent to an activating group) is 1. The minimum absolute atomic E-state index is 0.256. The first-order valence-corrected chi connectivity index (χ1v) is 8.87. The molecule has 2 aromatic carbocycles. The average Bonchev–Trinajstić information content (AvgIpc) is 2.87. The second-order valence-electron chi connectivity index (χ2n) is 6.82. The number of hydrogen-bond acceptors (Lipinski definition) is 3. The van der Waals surface area contributed by atoms with Gasteiger partial charge < -0.3 is 4.90 Å². The number of amides is 4. The summed E-state index contributed by atoms with van der Waals surface area (Å²) >= 11 is 0. The molecule has 1 aliphatic rings. The van der Waals surface area contributed by atoms with E-state index < -0.39 is 12.1 Å². The molecule has 0 aliphatic carbocycles. The molecular formula is C21H23N3O3. The predicted molar refractivity (Wildman–Crippen MR) is 103 cm³/mol. The summed E-state index contributed by atoms with van der Waals surface area (Å²) in [5.41, 5.74) is 2.71. The molecule has 1 fully saturated rings. The van der Waals surface area contributed by atoms with Crippen LogP contribution in [0.15, 0.2) is 54.6 Å². The van der Waals surface area contributed by atoms with Crippen LogP contribution in [-0.2, 0) is 16.1 Å². The van der Waals surface area contributed by atoms with E-state index in [-0.39, 0.29) is 18.4 Å². The first kappa shape index (κ1) is 18.6. The number of carbonyl (C=O) groups excluding carboxylic acids is 3. The molecule has 0 aromatic heterocycles. The number of aryl methyl sites for hydroxylation is 1. The van der Waals surface area contributed by atoms with Gasteiger partial charge in [-0.15, -0.1) is 0 Å². The van der Waals surface area contributed by atoms with E-state index >= 15 is 0 Å². The minimum atomic E-state index is -0.632. The van der Waals surface area contributed by atoms with Gasteiger partial charge >= 0.3 is 6.03 Å². The van der Waals surface area contributed by atoms with Crippen LogP contribution in [-0.4, -0.2) is 47.3 Å². The monoisotopic (exact) mass is 365 g/mol. The van der Waals surface area contributed by atoms with E-state index in [1.165, 1.54) is 9.80 Å². The van der Waals surface area contributed by atoms with Crippen molar-refractivity contribution in [1.29, 1.82) is 0 Å². The molecule has 1 heterocycles. The Balaban J connectivity index is 1.71. The summed E-state index contributed by atoms with van der Waals surface area (Å²) in [5.74, 6) is -0.638. The third-order valence-electron chi connectivity index (χ3n) is 4.74. The van der Waals surface area contributed by atoms with Crippen molar-refractivity contribution in [3.63, 3.8) is 0 Å². The zero-order valence-electron chi connectivity index (χ0n) is 15.8. The molecule has 1 atom stereocenters. The van der Waals surface area contributed by atoms with E-state index in [4.69, 9.17) is 0 Å². The third kappa shape index (κ3) is 3.84. The SMILES string of the molecule is Cc1ccc(N2C(=O)N(CC(=O)N(C)Cc3ccccc3)C(=O)[C@H]2C)cc1. The highest BCUT2D eigenvalue weighted by molar-refractivity contribution is 6.15. The van der Waals surface area contributed by atoms with Gasteiger partial charge in [-0.05, 0) is 31.5 Å². The predicted octanol–water partition coefficient (Wildman–Crippen LogP) is 2.81. The molecule has 2 aromatic rings. The van der Waals surface area contributed by atoms with Gasteiger partial charge in [-0.3, -0.25) is 19.4 Å². The first-order valence-electron chi connectivity index (χ1n) is 8.87. The van der Waals surface area contributed by atoms with Crippen LogP contribution in [0.5, 0.6) is 0 Å². The lowest BCUT2D eigenvalue weighted by Crippen LogP contribution is -2.42. The Morgan fingerprint density at radius 3 is 2.30 bits per heavy atom. The number of imide groups is 1. The summed E-state index contributed by atoms with van der Waals surface area (Å²) in [7, 11) is 1.67. The number of urea groups is 1. The van der Waals surface area contributed by atoms with Crippen molar-refractivity contribution in [1.82, 2.24) is 9.80 Å². The molecule has 0 saturated carbocycles. The summed E-state index contributed by atoms with van der Waals surface area (Å²) < 4.78 is 0. The van der Waals surface area contributed by atoms with Gasteiger partial charge in [0, 0.05) is 19.3 Å². The summed E-state index contributed by atoms with van der Waals surface area (Å²) in [5, 5.41) is 0. The Labute approximate surface area is 159 Å². The third-order valence-corrected chi connectivity index (χ3v) is 4.74. The van der Waals surface area contributed by atoms with Crippen LogP contribution < -0.4 is 4.90 Å². The Hall–Kier alpha value is -3.15. The van der Waals surface area contributed by atoms with Crippen LogP contribution in [0.2, 0.25) is 0 Å². The molecule has 6 nitrogen and oxygen atoms in total. The van der Waals surface area contributed by atoms with Crippen molar-refractivity contribution in [3.05, 3.63) is 65.7 Å². The molecule has 3 rings (SSSR count). The molecule has 0 unspecified atom stereocenters. The highest BCUT2D eigenvalue weighted by Gasteiger charge is 2.44. The van der Waals surface area contributed by atoms with Gasteiger partial charge in [-0.25, -0.2) is 4.79 Å². The van der Waals surface area contributed by atoms with E-state index in [0.717, 1.165) is 16.0 Å². The fourth-order valence-corrected chi connectivity index (χ4v) is 3.11. The second kappa shape index (κ2) is 7.61. The average molecular weight is 365 g/mol. The number of hydrogen-bond donors (Lipinski definition) is 0. The van der Waals surface area contributed by atoms with E-state index in [1.807, 2.05) is 61.5 Å². The van der Waals surface area contributed by atoms with Crippen molar-refractivity contribution >= 4 is 23.5 Å². The van der Waals surface area contributed by atoms with Crippen molar-refractivity contribution < 1.29 is 14.4 Å². The number of carbonyl (C=O) groups is 3. The second-order valence-corrected chi connectivity index (χ2v) is 6.82. The van der Waals surface area contributed by atoms with Gasteiger partial charge in [0.15, 0.2) is 0 Å². The van der Waals surface area contributed by atoms with Gasteiger partial charge in [-0.1, -0.05) is 48.0 Å². The maximum absolute atomic E-state index is 12.8. The topological polar surface area (TPSA) is 60.9 Å². The normalized spacial score (nSPS) is 16.8. The van der Waals surface area contributed by atoms with Gasteiger partial charge in [0.05, 0.1) is 0 Å². The first-order chi connectivity index (χ1) is 12.9. The lowest BCUT2D eigenvalue weighted by molar-refractivity contribution is -0.136. The van der Waals surface area contributed by atoms with Gasteiger partial charge in [0.1, 0.15) is 12.6 Å². The molecule has 27 heavy (non-hydrogen) atoms. The number of benzene rings is 2. The van der Waals surface area contributed by atoms with Gasteiger partial charge in [0.25, 0.3) is 5.91 Å². The molecule has 0 N–H and O–H groups in total. The summed E-state index contributed by atoms with van der Waals surface area (Å²) in [6.07, 6.45) is 0. The highest BCUT2D eigenvalue weighted by atomic mass is 16.2. The van der Waals surface area contributed by atoms with Crippen LogP contribution in [0.25, 0.3) is 0 Å². The van der Waals surface area contributed by atoms with Gasteiger partial charge in [-0.2, -0.15) is 0 Å². The molecule has 1 aliphatic heterocycles. The van der Waals surface area contributed by atoms with E-state index in [2.05, 4.69) is 0 Å². The molecule has 140 valence electrons. The zero-order valence-corrected chi connectivity index (χ0v) is 15.8. The Morgan fingerprint density at radius 1 is 1.04 bits per heavy atom. The van der Waals surface area contributed by atoms with E-state index in [9.17, 15) is 14.4 Å². The fraction of sp³-hybridized carbons (Fsp3) is 0.286. The van der Waals surface area contributed by atoms with Crippen molar-refractivity contribution in [2.75, 3.05) is 18.5 Å². The lowest BCUT2D eigenvalue weighted by Gasteiger charge is -2.21. The Kier molecular flexibility index (Phi) is 5.26. The summed E-state index contributed by atoms with van der Waals surface area (Å²) in [6.45, 7) is 3.80. The van der Waals surface area contributed by atoms with E-state index in [1.54, 1.807) is 14.0 Å². The van der Waals surface area contributed by atoms with Crippen LogP contribution in [0, 0.1) is 6.92 Å². The molecule has 6 heteroatoms. The van der Waals surface area contributed by atoms with Gasteiger partial charge in [0.2, 0.25) is 5.91 Å². The number of anilines is 1. The highest BCUT2D eigenvalue weighted by Crippen LogP contribution is 2.26. The molecular weight excluding hydrogens is 342 g/mol. The van der Waals surface area contributed by atoms with E-state index in [0.29, 0.717) is 12.2 Å². The molecule has 0 spiro atoms. The zero-order chi connectivity index (χ0) is 19.6. The van der Waals surface area contributed by atoms with Crippen LogP contribution in [0.1, 0.15) is 18.1 Å². The maximum atomic E-state index is 12.8. The standard InChI is InChI=1S/C21H23N3O3/c1-15-9-11-18(12-10-15)24-16(2)20(26)23(21(24)27)14-19(25)22(3)13-17-7-5-4-6-8-17/h4-12,16H,13-14H2,1-3H3/t16-/m1/s1. The number of nitrogens with zero attached hydrogens (tertiary/aromatic N) is 3. The molecule has 0 bridgehead atoms. The van der Waals surface area contributed by atoms with Crippen molar-refractivity contribution in [2.24, 2.45) is 0 Å². The smallest absolute Gasteiger partial charge is 0.332 e. The van der Waals surface area contributed by atoms with Crippen LogP contribution in [0.3, 0.4) is 0 Å². The van der Waals surface area contributed by atoms with Crippen LogP contribution >= 0.6 is 0 Å². The largest absolute Gasteiger partial charge is 0.340 e. The Morgan fingerprint density at radius 2 is 1.67 bits per heavy atom. The number of rotatable bonds is 5. The van der Waals surface area contributed by atoms with Crippen molar-refractivity contribution in [2.45, 2.75) is 26.4 Å². The molecule has 0 radical (unpaired) electrons. The maximum Gasteiger partial charge on any atom is 0.332 e. The van der Waals surface area contributed by atoms with Crippen LogP contribution in [0.4, 0.5) is 10.5 Å². The summed E-state index contributed by atoms with van der Waals surface area (Å²) in [4.78, 5) is 41.9. The lowest BCUT2D eigenvalue weighted by atomic mass is 10.2. The molecule has 4 amide bonds.